The van der Waals surface area contributed by atoms with Crippen LogP contribution in [0.25, 0.3) is 0 Å². The molecule has 0 radical (unpaired) electrons. The molecule has 0 spiro atoms. The van der Waals surface area contributed by atoms with Crippen molar-refractivity contribution in [3.63, 3.8) is 0 Å². The Morgan fingerprint density at radius 1 is 1.36 bits per heavy atom. The molecule has 0 saturated heterocycles. The summed E-state index contributed by atoms with van der Waals surface area (Å²) < 4.78 is 1.35. The largest absolute Gasteiger partial charge is 0.0690 e. The molecule has 0 aromatic rings. The van der Waals surface area contributed by atoms with E-state index >= 15 is 0 Å². The predicted molar refractivity (Wildman–Crippen MR) is 56.0 cm³/mol. The highest BCUT2D eigenvalue weighted by Gasteiger charge is 2.06. The van der Waals surface area contributed by atoms with Crippen molar-refractivity contribution in [2.75, 3.05) is 0 Å². The van der Waals surface area contributed by atoms with E-state index in [1.165, 1.54) is 23.7 Å². The maximum Gasteiger partial charge on any atom is -0.00839 e. The molecule has 0 aliphatic carbocycles. The second kappa shape index (κ2) is 4.97. The molecule has 66 valence electrons. The van der Waals surface area contributed by atoms with Crippen molar-refractivity contribution < 1.29 is 0 Å². The molecule has 0 aromatic carbocycles. The highest BCUT2D eigenvalue weighted by atomic mass is 79.9. The number of halogens is 1. The molecule has 0 atom stereocenters. The average Bonchev–Trinajstić information content (AvgIpc) is 1.79. The number of hydrogen-bond acceptors (Lipinski definition) is 0. The van der Waals surface area contributed by atoms with E-state index in [4.69, 9.17) is 0 Å². The fraction of sp³-hybridized carbons (Fsp3) is 0.800. The molecule has 0 amide bonds. The summed E-state index contributed by atoms with van der Waals surface area (Å²) in [5.74, 6) is 0. The molecule has 0 unspecified atom stereocenters. The van der Waals surface area contributed by atoms with Gasteiger partial charge in [-0.25, -0.2) is 0 Å². The van der Waals surface area contributed by atoms with Gasteiger partial charge in [0.1, 0.15) is 0 Å². The molecule has 0 aliphatic heterocycles. The lowest BCUT2D eigenvalue weighted by molar-refractivity contribution is 0.540. The number of unbranched alkanes of at least 4 members (excludes halogenated alkanes) is 1. The van der Waals surface area contributed by atoms with Crippen LogP contribution < -0.4 is 0 Å². The van der Waals surface area contributed by atoms with Gasteiger partial charge in [-0.3, -0.25) is 0 Å². The van der Waals surface area contributed by atoms with Crippen LogP contribution in [0.3, 0.4) is 0 Å². The van der Waals surface area contributed by atoms with Crippen LogP contribution in [0.4, 0.5) is 0 Å². The fourth-order valence-electron chi connectivity index (χ4n) is 0.888. The Morgan fingerprint density at radius 2 is 1.91 bits per heavy atom. The minimum atomic E-state index is 0.312. The Kier molecular flexibility index (Phi) is 5.07. The molecular formula is C10H19Br. The molecule has 0 saturated carbocycles. The lowest BCUT2D eigenvalue weighted by Gasteiger charge is -2.13. The van der Waals surface area contributed by atoms with Gasteiger partial charge in [0.15, 0.2) is 0 Å². The molecule has 0 rings (SSSR count). The Labute approximate surface area is 79.2 Å². The third kappa shape index (κ3) is 8.12. The van der Waals surface area contributed by atoms with Crippen molar-refractivity contribution in [1.29, 1.82) is 0 Å². The topological polar surface area (TPSA) is 0 Å². The van der Waals surface area contributed by atoms with Crippen molar-refractivity contribution in [1.82, 2.24) is 0 Å². The number of hydrogen-bond donors (Lipinski definition) is 0. The summed E-state index contributed by atoms with van der Waals surface area (Å²) in [5, 5.41) is 0. The normalized spacial score (nSPS) is 13.7. The minimum absolute atomic E-state index is 0.312. The van der Waals surface area contributed by atoms with Crippen molar-refractivity contribution in [3.8, 4) is 0 Å². The van der Waals surface area contributed by atoms with Crippen molar-refractivity contribution in [2.24, 2.45) is 5.41 Å². The summed E-state index contributed by atoms with van der Waals surface area (Å²) in [7, 11) is 0. The first-order valence-electron chi connectivity index (χ1n) is 4.33. The maximum absolute atomic E-state index is 3.58. The summed E-state index contributed by atoms with van der Waals surface area (Å²) in [5.41, 5.74) is 0.312. The lowest BCUT2D eigenvalue weighted by Crippen LogP contribution is -1.99. The van der Waals surface area contributed by atoms with Crippen LogP contribution in [0.15, 0.2) is 10.6 Å². The first kappa shape index (κ1) is 11.2. The van der Waals surface area contributed by atoms with Gasteiger partial charge in [-0.1, -0.05) is 56.1 Å². The average molecular weight is 219 g/mol. The molecule has 0 aromatic heterocycles. The third-order valence-electron chi connectivity index (χ3n) is 1.36. The Bertz CT molecular complexity index is 128. The standard InChI is InChI=1S/C10H19Br/c1-5-6-7-9(11)8-10(2,3)4/h8H,5-7H2,1-4H3/b9-8+. The van der Waals surface area contributed by atoms with E-state index in [0.717, 1.165) is 0 Å². The Morgan fingerprint density at radius 3 is 2.27 bits per heavy atom. The van der Waals surface area contributed by atoms with Crippen LogP contribution in [0, 0.1) is 5.41 Å². The van der Waals surface area contributed by atoms with E-state index in [0.29, 0.717) is 5.41 Å². The van der Waals surface area contributed by atoms with Crippen molar-refractivity contribution in [3.05, 3.63) is 10.6 Å². The van der Waals surface area contributed by atoms with Crippen LogP contribution in [0.1, 0.15) is 47.0 Å². The van der Waals surface area contributed by atoms with Gasteiger partial charge in [0.05, 0.1) is 0 Å². The van der Waals surface area contributed by atoms with Gasteiger partial charge < -0.3 is 0 Å². The second-order valence-corrected chi connectivity index (χ2v) is 5.08. The smallest absolute Gasteiger partial charge is 0.00839 e. The Balaban J connectivity index is 3.81. The SMILES string of the molecule is CCCC/C(Br)=C\C(C)(C)C. The zero-order valence-corrected chi connectivity index (χ0v) is 9.66. The molecule has 1 heteroatoms. The van der Waals surface area contributed by atoms with Crippen molar-refractivity contribution >= 4 is 15.9 Å². The number of allylic oxidation sites excluding steroid dienone is 2. The quantitative estimate of drug-likeness (QED) is 0.655. The van der Waals surface area contributed by atoms with Crippen LogP contribution >= 0.6 is 15.9 Å². The van der Waals surface area contributed by atoms with Gasteiger partial charge in [-0.05, 0) is 22.7 Å². The van der Waals surface area contributed by atoms with E-state index in [9.17, 15) is 0 Å². The van der Waals surface area contributed by atoms with Gasteiger partial charge in [-0.2, -0.15) is 0 Å². The predicted octanol–water partition coefficient (Wildman–Crippen LogP) is 4.50. The second-order valence-electron chi connectivity index (χ2n) is 4.06. The highest BCUT2D eigenvalue weighted by molar-refractivity contribution is 9.11. The molecule has 0 heterocycles. The third-order valence-corrected chi connectivity index (χ3v) is 1.98. The molecule has 0 aliphatic rings. The molecule has 0 fully saturated rings. The van der Waals surface area contributed by atoms with Crippen LogP contribution in [-0.4, -0.2) is 0 Å². The Hall–Kier alpha value is 0.220. The summed E-state index contributed by atoms with van der Waals surface area (Å²) in [6.45, 7) is 8.89. The van der Waals surface area contributed by atoms with Crippen molar-refractivity contribution in [2.45, 2.75) is 47.0 Å². The van der Waals surface area contributed by atoms with E-state index in [1.54, 1.807) is 0 Å². The zero-order valence-electron chi connectivity index (χ0n) is 8.08. The summed E-state index contributed by atoms with van der Waals surface area (Å²) in [6, 6.07) is 0. The van der Waals surface area contributed by atoms with Crippen LogP contribution in [0.2, 0.25) is 0 Å². The first-order chi connectivity index (χ1) is 4.95. The maximum atomic E-state index is 3.58. The highest BCUT2D eigenvalue weighted by Crippen LogP contribution is 2.23. The van der Waals surface area contributed by atoms with Crippen LogP contribution in [-0.2, 0) is 0 Å². The van der Waals surface area contributed by atoms with Gasteiger partial charge in [0.2, 0.25) is 0 Å². The molecule has 0 N–H and O–H groups in total. The van der Waals surface area contributed by atoms with Gasteiger partial charge in [0, 0.05) is 0 Å². The molecular weight excluding hydrogens is 200 g/mol. The summed E-state index contributed by atoms with van der Waals surface area (Å²) in [6.07, 6.45) is 6.04. The van der Waals surface area contributed by atoms with Gasteiger partial charge >= 0.3 is 0 Å². The van der Waals surface area contributed by atoms with Crippen LogP contribution in [0.5, 0.6) is 0 Å². The van der Waals surface area contributed by atoms with E-state index in [2.05, 4.69) is 49.7 Å². The lowest BCUT2D eigenvalue weighted by atomic mass is 9.96. The summed E-state index contributed by atoms with van der Waals surface area (Å²) in [4.78, 5) is 0. The van der Waals surface area contributed by atoms with Gasteiger partial charge in [-0.15, -0.1) is 0 Å². The monoisotopic (exact) mass is 218 g/mol. The molecule has 0 nitrogen and oxygen atoms in total. The molecule has 0 bridgehead atoms. The van der Waals surface area contributed by atoms with Gasteiger partial charge in [0.25, 0.3) is 0 Å². The summed E-state index contributed by atoms with van der Waals surface area (Å²) >= 11 is 3.58. The first-order valence-corrected chi connectivity index (χ1v) is 5.12. The zero-order chi connectivity index (χ0) is 8.91. The van der Waals surface area contributed by atoms with E-state index in [-0.39, 0.29) is 0 Å². The number of rotatable bonds is 3. The molecule has 11 heavy (non-hydrogen) atoms. The fourth-order valence-corrected chi connectivity index (χ4v) is 1.85. The van der Waals surface area contributed by atoms with E-state index < -0.39 is 0 Å². The van der Waals surface area contributed by atoms with E-state index in [1.807, 2.05) is 0 Å². The minimum Gasteiger partial charge on any atom is -0.0690 e.